The second-order valence-corrected chi connectivity index (χ2v) is 9.53. The van der Waals surface area contributed by atoms with Crippen LogP contribution in [-0.4, -0.2) is 47.9 Å². The standard InChI is InChI=1S/C28H26ClF2N3O4/c1-16(24(35)15-38-14-18-8-10-20(30)13-22(18)31)26(36)28(32)27(37)34(2)23-11-9-19(29)12-21(23)25(33-28)17-6-4-3-5-7-17/h3-13,16,24,35H,14-15,32H2,1-2H3/t16-,24-,28?/m1/s1. The van der Waals surface area contributed by atoms with E-state index in [1.807, 2.05) is 6.07 Å². The van der Waals surface area contributed by atoms with Gasteiger partial charge in [0.2, 0.25) is 5.66 Å². The highest BCUT2D eigenvalue weighted by atomic mass is 35.5. The molecule has 4 rings (SSSR count). The second-order valence-electron chi connectivity index (χ2n) is 9.09. The number of carbonyl (C=O) groups excluding carboxylic acids is 2. The Morgan fingerprint density at radius 1 is 1.16 bits per heavy atom. The number of Topliss-reactive ketones (excluding diaryl/α,β-unsaturated/α-hetero) is 1. The van der Waals surface area contributed by atoms with Crippen molar-refractivity contribution in [2.45, 2.75) is 25.3 Å². The van der Waals surface area contributed by atoms with E-state index in [1.165, 1.54) is 24.9 Å². The first kappa shape index (κ1) is 27.5. The quantitative estimate of drug-likeness (QED) is 0.421. The van der Waals surface area contributed by atoms with Gasteiger partial charge < -0.3 is 14.7 Å². The minimum absolute atomic E-state index is 0.0852. The predicted octanol–water partition coefficient (Wildman–Crippen LogP) is 3.87. The number of benzene rings is 3. The summed E-state index contributed by atoms with van der Waals surface area (Å²) in [6.45, 7) is 0.782. The lowest BCUT2D eigenvalue weighted by molar-refractivity contribution is -0.139. The fourth-order valence-corrected chi connectivity index (χ4v) is 4.38. The largest absolute Gasteiger partial charge is 0.390 e. The highest BCUT2D eigenvalue weighted by molar-refractivity contribution is 6.32. The van der Waals surface area contributed by atoms with Gasteiger partial charge in [0.15, 0.2) is 5.78 Å². The molecule has 1 aliphatic heterocycles. The maximum absolute atomic E-state index is 13.9. The first-order chi connectivity index (χ1) is 18.0. The molecule has 1 amide bonds. The first-order valence-corrected chi connectivity index (χ1v) is 12.2. The van der Waals surface area contributed by atoms with Gasteiger partial charge in [-0.05, 0) is 24.3 Å². The Balaban J connectivity index is 1.63. The summed E-state index contributed by atoms with van der Waals surface area (Å²) in [4.78, 5) is 33.0. The van der Waals surface area contributed by atoms with Gasteiger partial charge in [0.1, 0.15) is 11.6 Å². The molecule has 38 heavy (non-hydrogen) atoms. The molecule has 0 saturated carbocycles. The molecule has 198 valence electrons. The van der Waals surface area contributed by atoms with E-state index in [1.54, 1.807) is 42.5 Å². The highest BCUT2D eigenvalue weighted by Gasteiger charge is 2.49. The van der Waals surface area contributed by atoms with Crippen molar-refractivity contribution in [1.29, 1.82) is 0 Å². The molecule has 0 saturated heterocycles. The highest BCUT2D eigenvalue weighted by Crippen LogP contribution is 2.33. The van der Waals surface area contributed by atoms with Gasteiger partial charge in [0, 0.05) is 40.7 Å². The lowest BCUT2D eigenvalue weighted by Crippen LogP contribution is -2.61. The third-order valence-corrected chi connectivity index (χ3v) is 6.70. The summed E-state index contributed by atoms with van der Waals surface area (Å²) in [6.07, 6.45) is -1.39. The van der Waals surface area contributed by atoms with E-state index < -0.39 is 41.0 Å². The molecule has 0 bridgehead atoms. The number of benzodiazepines with no additional fused rings is 1. The van der Waals surface area contributed by atoms with Crippen molar-refractivity contribution >= 4 is 34.7 Å². The van der Waals surface area contributed by atoms with Gasteiger partial charge in [-0.1, -0.05) is 54.9 Å². The number of amides is 1. The van der Waals surface area contributed by atoms with Crippen LogP contribution in [0.2, 0.25) is 5.02 Å². The lowest BCUT2D eigenvalue weighted by Gasteiger charge is -2.30. The third-order valence-electron chi connectivity index (χ3n) is 6.47. The Hall–Kier alpha value is -3.50. The van der Waals surface area contributed by atoms with E-state index >= 15 is 0 Å². The van der Waals surface area contributed by atoms with E-state index in [0.717, 1.165) is 12.1 Å². The fraction of sp³-hybridized carbons (Fsp3) is 0.250. The number of anilines is 1. The number of aliphatic hydroxyl groups is 1. The van der Waals surface area contributed by atoms with Crippen LogP contribution in [-0.2, 0) is 20.9 Å². The number of halogens is 3. The summed E-state index contributed by atoms with van der Waals surface area (Å²) in [5, 5.41) is 11.1. The number of ketones is 1. The van der Waals surface area contributed by atoms with Crippen LogP contribution in [0.25, 0.3) is 0 Å². The number of aliphatic hydroxyl groups excluding tert-OH is 1. The van der Waals surface area contributed by atoms with Crippen molar-refractivity contribution in [2.75, 3.05) is 18.6 Å². The lowest BCUT2D eigenvalue weighted by atomic mass is 9.89. The number of nitrogens with zero attached hydrogens (tertiary/aromatic N) is 2. The van der Waals surface area contributed by atoms with Crippen molar-refractivity contribution in [2.24, 2.45) is 16.6 Å². The predicted molar refractivity (Wildman–Crippen MR) is 140 cm³/mol. The van der Waals surface area contributed by atoms with Crippen LogP contribution in [0.5, 0.6) is 0 Å². The smallest absolute Gasteiger partial charge is 0.277 e. The van der Waals surface area contributed by atoms with Crippen LogP contribution in [0.1, 0.15) is 23.6 Å². The fourth-order valence-electron chi connectivity index (χ4n) is 4.21. The summed E-state index contributed by atoms with van der Waals surface area (Å²) in [5.41, 5.74) is 6.07. The number of aliphatic imine (C=N–C) groups is 1. The van der Waals surface area contributed by atoms with Gasteiger partial charge in [-0.25, -0.2) is 13.8 Å². The molecule has 7 nitrogen and oxygen atoms in total. The van der Waals surface area contributed by atoms with Crippen LogP contribution >= 0.6 is 11.6 Å². The Kier molecular flexibility index (Phi) is 8.03. The number of ether oxygens (including phenoxy) is 1. The van der Waals surface area contributed by atoms with E-state index in [2.05, 4.69) is 4.99 Å². The van der Waals surface area contributed by atoms with Crippen LogP contribution in [0.3, 0.4) is 0 Å². The summed E-state index contributed by atoms with van der Waals surface area (Å²) in [7, 11) is 1.48. The molecule has 0 spiro atoms. The van der Waals surface area contributed by atoms with E-state index in [-0.39, 0.29) is 18.8 Å². The van der Waals surface area contributed by atoms with Crippen molar-refractivity contribution in [1.82, 2.24) is 0 Å². The number of nitrogens with two attached hydrogens (primary N) is 1. The van der Waals surface area contributed by atoms with Gasteiger partial charge in [-0.15, -0.1) is 0 Å². The molecule has 3 N–H and O–H groups in total. The van der Waals surface area contributed by atoms with Crippen LogP contribution in [0.15, 0.2) is 71.7 Å². The molecule has 0 fully saturated rings. The average molecular weight is 542 g/mol. The zero-order valence-electron chi connectivity index (χ0n) is 20.7. The normalized spacial score (nSPS) is 18.9. The van der Waals surface area contributed by atoms with Crippen LogP contribution < -0.4 is 10.6 Å². The molecule has 3 aromatic rings. The Morgan fingerprint density at radius 3 is 2.55 bits per heavy atom. The number of rotatable bonds is 8. The summed E-state index contributed by atoms with van der Waals surface area (Å²) >= 11 is 6.26. The molecule has 3 atom stereocenters. The number of fused-ring (bicyclic) bond motifs is 1. The molecule has 1 aliphatic rings. The van der Waals surface area contributed by atoms with Gasteiger partial charge in [0.25, 0.3) is 5.91 Å². The van der Waals surface area contributed by atoms with Crippen molar-refractivity contribution in [3.8, 4) is 0 Å². The molecule has 0 aliphatic carbocycles. The molecule has 1 unspecified atom stereocenters. The first-order valence-electron chi connectivity index (χ1n) is 11.8. The van der Waals surface area contributed by atoms with E-state index in [0.29, 0.717) is 27.5 Å². The summed E-state index contributed by atoms with van der Waals surface area (Å²) < 4.78 is 32.4. The molecular weight excluding hydrogens is 516 g/mol. The van der Waals surface area contributed by atoms with Crippen LogP contribution in [0, 0.1) is 17.6 Å². The van der Waals surface area contributed by atoms with Gasteiger partial charge in [0.05, 0.1) is 30.7 Å². The Bertz CT molecular complexity index is 1400. The number of hydrogen-bond donors (Lipinski definition) is 2. The maximum atomic E-state index is 13.9. The monoisotopic (exact) mass is 541 g/mol. The topological polar surface area (TPSA) is 105 Å². The molecule has 1 heterocycles. The van der Waals surface area contributed by atoms with Gasteiger partial charge in [-0.2, -0.15) is 0 Å². The number of likely N-dealkylation sites (N-methyl/N-ethyl adjacent to an activating group) is 1. The summed E-state index contributed by atoms with van der Waals surface area (Å²) in [5.74, 6) is -4.31. The molecule has 0 radical (unpaired) electrons. The van der Waals surface area contributed by atoms with E-state index in [4.69, 9.17) is 22.1 Å². The molecule has 10 heteroatoms. The average Bonchev–Trinajstić information content (AvgIpc) is 2.98. The maximum Gasteiger partial charge on any atom is 0.277 e. The number of carbonyl (C=O) groups is 2. The van der Waals surface area contributed by atoms with E-state index in [9.17, 15) is 23.5 Å². The van der Waals surface area contributed by atoms with Gasteiger partial charge >= 0.3 is 0 Å². The van der Waals surface area contributed by atoms with Crippen molar-refractivity contribution < 1.29 is 28.2 Å². The molecular formula is C28H26ClF2N3O4. The minimum atomic E-state index is -2.37. The van der Waals surface area contributed by atoms with Crippen molar-refractivity contribution in [3.05, 3.63) is 100 Å². The third kappa shape index (κ3) is 5.37. The minimum Gasteiger partial charge on any atom is -0.390 e. The molecule has 0 aromatic heterocycles. The van der Waals surface area contributed by atoms with Gasteiger partial charge in [-0.3, -0.25) is 15.3 Å². The SMILES string of the molecule is C[C@@H](C(=O)C1(N)N=C(c2ccccc2)c2cc(Cl)ccc2N(C)C1=O)[C@H](O)COCc1ccc(F)cc1F. The Labute approximate surface area is 223 Å². The van der Waals surface area contributed by atoms with Crippen molar-refractivity contribution in [3.63, 3.8) is 0 Å². The zero-order valence-corrected chi connectivity index (χ0v) is 21.5. The molecule has 3 aromatic carbocycles. The zero-order chi connectivity index (χ0) is 27.6. The number of hydrogen-bond acceptors (Lipinski definition) is 6. The van der Waals surface area contributed by atoms with Crippen LogP contribution in [0.4, 0.5) is 14.5 Å². The Morgan fingerprint density at radius 2 is 1.87 bits per heavy atom. The second kappa shape index (κ2) is 11.1. The summed E-state index contributed by atoms with van der Waals surface area (Å²) in [6, 6.07) is 16.9.